The molecule has 0 unspecified atom stereocenters. The van der Waals surface area contributed by atoms with Crippen molar-refractivity contribution in [2.24, 2.45) is 5.92 Å². The third kappa shape index (κ3) is 5.36. The van der Waals surface area contributed by atoms with Crippen LogP contribution in [0.5, 0.6) is 5.75 Å². The number of carbonyl (C=O) groups is 1. The van der Waals surface area contributed by atoms with Crippen LogP contribution in [0.1, 0.15) is 25.8 Å². The molecule has 0 amide bonds. The van der Waals surface area contributed by atoms with E-state index in [9.17, 15) is 0 Å². The number of phenolic OH excluding ortho intramolecular Hbond substituents is 1. The second-order valence-electron chi connectivity index (χ2n) is 3.60. The van der Waals surface area contributed by atoms with Crippen LogP contribution in [-0.4, -0.2) is 11.9 Å². The van der Waals surface area contributed by atoms with E-state index in [1.807, 2.05) is 18.9 Å². The van der Waals surface area contributed by atoms with Gasteiger partial charge >= 0.3 is 0 Å². The zero-order valence-corrected chi connectivity index (χ0v) is 8.86. The maximum absolute atomic E-state index is 9.03. The lowest BCUT2D eigenvalue weighted by Crippen LogP contribution is -1.91. The number of hydrogen-bond acceptors (Lipinski definition) is 2. The quantitative estimate of drug-likeness (QED) is 0.803. The van der Waals surface area contributed by atoms with Gasteiger partial charge in [0.1, 0.15) is 12.5 Å². The summed E-state index contributed by atoms with van der Waals surface area (Å²) in [6.45, 7) is 6.45. The molecule has 0 fully saturated rings. The van der Waals surface area contributed by atoms with Crippen molar-refractivity contribution in [3.05, 3.63) is 29.8 Å². The minimum atomic E-state index is 0.350. The Kier molecular flexibility index (Phi) is 6.46. The van der Waals surface area contributed by atoms with Gasteiger partial charge < -0.3 is 9.90 Å². The van der Waals surface area contributed by atoms with Crippen LogP contribution in [-0.2, 0) is 11.2 Å². The van der Waals surface area contributed by atoms with Crippen LogP contribution in [0, 0.1) is 5.92 Å². The average molecular weight is 194 g/mol. The Bertz CT molecular complexity index is 239. The fourth-order valence-electron chi connectivity index (χ4n) is 1.12. The van der Waals surface area contributed by atoms with Gasteiger partial charge in [-0.15, -0.1) is 0 Å². The van der Waals surface area contributed by atoms with Crippen LogP contribution in [0.25, 0.3) is 0 Å². The van der Waals surface area contributed by atoms with Crippen LogP contribution >= 0.6 is 0 Å². The summed E-state index contributed by atoms with van der Waals surface area (Å²) in [7, 11) is 0. The monoisotopic (exact) mass is 194 g/mol. The lowest BCUT2D eigenvalue weighted by atomic mass is 10.0. The summed E-state index contributed by atoms with van der Waals surface area (Å²) in [5.41, 5.74) is 1.31. The van der Waals surface area contributed by atoms with E-state index in [0.717, 1.165) is 12.3 Å². The van der Waals surface area contributed by atoms with Gasteiger partial charge in [0, 0.05) is 0 Å². The van der Waals surface area contributed by atoms with Crippen molar-refractivity contribution in [2.45, 2.75) is 26.7 Å². The zero-order valence-electron chi connectivity index (χ0n) is 8.86. The molecule has 0 spiro atoms. The number of aromatic hydroxyl groups is 1. The van der Waals surface area contributed by atoms with Crippen molar-refractivity contribution in [1.29, 1.82) is 0 Å². The maximum atomic E-state index is 9.03. The minimum Gasteiger partial charge on any atom is -0.508 e. The Morgan fingerprint density at radius 2 is 1.71 bits per heavy atom. The molecule has 0 saturated heterocycles. The Hall–Kier alpha value is -1.31. The Balaban J connectivity index is 0.000000791. The predicted molar refractivity (Wildman–Crippen MR) is 58.4 cm³/mol. The van der Waals surface area contributed by atoms with Crippen molar-refractivity contribution < 1.29 is 9.90 Å². The summed E-state index contributed by atoms with van der Waals surface area (Å²) in [5, 5.41) is 9.03. The van der Waals surface area contributed by atoms with Gasteiger partial charge in [-0.2, -0.15) is 0 Å². The molecule has 1 rings (SSSR count). The first kappa shape index (κ1) is 12.7. The van der Waals surface area contributed by atoms with Gasteiger partial charge in [-0.25, -0.2) is 0 Å². The smallest absolute Gasteiger partial charge is 0.115 e. The van der Waals surface area contributed by atoms with Gasteiger partial charge in [0.05, 0.1) is 0 Å². The Morgan fingerprint density at radius 1 is 1.21 bits per heavy atom. The molecule has 1 aromatic carbocycles. The molecule has 78 valence electrons. The molecule has 1 aromatic rings. The largest absolute Gasteiger partial charge is 0.508 e. The molecular formula is C12H18O2. The highest BCUT2D eigenvalue weighted by Crippen LogP contribution is 2.13. The third-order valence-electron chi connectivity index (χ3n) is 1.95. The average Bonchev–Trinajstić information content (AvgIpc) is 2.20. The summed E-state index contributed by atoms with van der Waals surface area (Å²) in [6.07, 6.45) is 2.32. The van der Waals surface area contributed by atoms with Crippen LogP contribution in [0.15, 0.2) is 24.3 Å². The second kappa shape index (κ2) is 7.13. The fourth-order valence-corrected chi connectivity index (χ4v) is 1.12. The molecule has 0 bridgehead atoms. The Morgan fingerprint density at radius 3 is 2.14 bits per heavy atom. The standard InChI is InChI=1S/C11H16O.CH2O/c1-9(2)3-4-10-5-7-11(12)8-6-10;1-2/h5-9,12H,3-4H2,1-2H3;1H2. The van der Waals surface area contributed by atoms with Gasteiger partial charge in [0.15, 0.2) is 0 Å². The van der Waals surface area contributed by atoms with Gasteiger partial charge in [0.25, 0.3) is 0 Å². The lowest BCUT2D eigenvalue weighted by molar-refractivity contribution is -0.0979. The van der Waals surface area contributed by atoms with E-state index in [4.69, 9.17) is 9.90 Å². The highest BCUT2D eigenvalue weighted by atomic mass is 16.3. The van der Waals surface area contributed by atoms with Gasteiger partial charge in [-0.3, -0.25) is 0 Å². The van der Waals surface area contributed by atoms with Crippen molar-refractivity contribution in [3.63, 3.8) is 0 Å². The van der Waals surface area contributed by atoms with Crippen LogP contribution < -0.4 is 0 Å². The van der Waals surface area contributed by atoms with E-state index in [1.54, 1.807) is 12.1 Å². The molecule has 2 nitrogen and oxygen atoms in total. The van der Waals surface area contributed by atoms with Crippen molar-refractivity contribution >= 4 is 6.79 Å². The molecule has 0 saturated carbocycles. The van der Waals surface area contributed by atoms with Crippen molar-refractivity contribution in [1.82, 2.24) is 0 Å². The first-order chi connectivity index (χ1) is 6.68. The summed E-state index contributed by atoms with van der Waals surface area (Å²) >= 11 is 0. The number of phenols is 1. The highest BCUT2D eigenvalue weighted by Gasteiger charge is 1.96. The second-order valence-corrected chi connectivity index (χ2v) is 3.60. The van der Waals surface area contributed by atoms with E-state index in [0.29, 0.717) is 5.75 Å². The summed E-state index contributed by atoms with van der Waals surface area (Å²) in [4.78, 5) is 8.00. The van der Waals surface area contributed by atoms with E-state index >= 15 is 0 Å². The molecular weight excluding hydrogens is 176 g/mol. The van der Waals surface area contributed by atoms with Gasteiger partial charge in [-0.1, -0.05) is 26.0 Å². The Labute approximate surface area is 85.6 Å². The van der Waals surface area contributed by atoms with E-state index < -0.39 is 0 Å². The summed E-state index contributed by atoms with van der Waals surface area (Å²) < 4.78 is 0. The molecule has 1 N–H and O–H groups in total. The molecule has 0 aromatic heterocycles. The number of benzene rings is 1. The molecule has 2 heteroatoms. The fraction of sp³-hybridized carbons (Fsp3) is 0.417. The third-order valence-corrected chi connectivity index (χ3v) is 1.95. The van der Waals surface area contributed by atoms with E-state index in [-0.39, 0.29) is 0 Å². The predicted octanol–water partition coefficient (Wildman–Crippen LogP) is 2.80. The maximum Gasteiger partial charge on any atom is 0.115 e. The number of hydrogen-bond donors (Lipinski definition) is 1. The summed E-state index contributed by atoms with van der Waals surface area (Å²) in [6, 6.07) is 7.46. The highest BCUT2D eigenvalue weighted by molar-refractivity contribution is 5.25. The number of rotatable bonds is 3. The first-order valence-electron chi connectivity index (χ1n) is 4.75. The van der Waals surface area contributed by atoms with Crippen LogP contribution in [0.3, 0.4) is 0 Å². The van der Waals surface area contributed by atoms with E-state index in [1.165, 1.54) is 12.0 Å². The number of aryl methyl sites for hydroxylation is 1. The van der Waals surface area contributed by atoms with Crippen LogP contribution in [0.4, 0.5) is 0 Å². The van der Waals surface area contributed by atoms with Crippen LogP contribution in [0.2, 0.25) is 0 Å². The lowest BCUT2D eigenvalue weighted by Gasteiger charge is -2.04. The molecule has 0 heterocycles. The zero-order chi connectivity index (χ0) is 11.0. The normalized spacial score (nSPS) is 9.36. The molecule has 0 radical (unpaired) electrons. The number of carbonyl (C=O) groups excluding carboxylic acids is 1. The van der Waals surface area contributed by atoms with Crippen molar-refractivity contribution in [3.8, 4) is 5.75 Å². The van der Waals surface area contributed by atoms with Crippen molar-refractivity contribution in [2.75, 3.05) is 0 Å². The summed E-state index contributed by atoms with van der Waals surface area (Å²) in [5.74, 6) is 1.10. The molecule has 0 aliphatic heterocycles. The minimum absolute atomic E-state index is 0.350. The molecule has 0 aliphatic rings. The van der Waals surface area contributed by atoms with Gasteiger partial charge in [-0.05, 0) is 36.5 Å². The topological polar surface area (TPSA) is 37.3 Å². The molecule has 0 atom stereocenters. The van der Waals surface area contributed by atoms with E-state index in [2.05, 4.69) is 13.8 Å². The SMILES string of the molecule is C=O.CC(C)CCc1ccc(O)cc1. The first-order valence-corrected chi connectivity index (χ1v) is 4.75. The molecule has 0 aliphatic carbocycles. The molecule has 14 heavy (non-hydrogen) atoms. The van der Waals surface area contributed by atoms with Gasteiger partial charge in [0.2, 0.25) is 0 Å².